The van der Waals surface area contributed by atoms with E-state index in [-0.39, 0.29) is 29.1 Å². The van der Waals surface area contributed by atoms with Crippen LogP contribution in [0.25, 0.3) is 0 Å². The molecular formula is C21H25N3O6S. The van der Waals surface area contributed by atoms with Crippen LogP contribution in [0, 0.1) is 10.1 Å². The first-order valence-corrected chi connectivity index (χ1v) is 11.7. The fraction of sp³-hybridized carbons (Fsp3) is 0.429. The summed E-state index contributed by atoms with van der Waals surface area (Å²) in [5.74, 6) is 1.28. The first-order valence-electron chi connectivity index (χ1n) is 10.3. The third kappa shape index (κ3) is 4.45. The molecule has 31 heavy (non-hydrogen) atoms. The molecule has 0 bridgehead atoms. The molecule has 1 unspecified atom stereocenters. The van der Waals surface area contributed by atoms with Crippen LogP contribution in [0.5, 0.6) is 11.5 Å². The van der Waals surface area contributed by atoms with Crippen LogP contribution in [0.2, 0.25) is 0 Å². The molecule has 2 aromatic rings. The number of sulfonamides is 1. The smallest absolute Gasteiger partial charge is 0.293 e. The van der Waals surface area contributed by atoms with Gasteiger partial charge in [-0.2, -0.15) is 4.31 Å². The zero-order valence-corrected chi connectivity index (χ0v) is 18.1. The third-order valence-corrected chi connectivity index (χ3v) is 7.53. The molecule has 166 valence electrons. The first kappa shape index (κ1) is 21.4. The summed E-state index contributed by atoms with van der Waals surface area (Å²) in [4.78, 5) is 11.1. The van der Waals surface area contributed by atoms with Crippen molar-refractivity contribution in [2.24, 2.45) is 0 Å². The Morgan fingerprint density at radius 1 is 1.03 bits per heavy atom. The molecular weight excluding hydrogens is 422 g/mol. The van der Waals surface area contributed by atoms with Gasteiger partial charge in [0.2, 0.25) is 16.8 Å². The molecule has 2 aliphatic heterocycles. The Labute approximate surface area is 181 Å². The second-order valence-corrected chi connectivity index (χ2v) is 9.67. The van der Waals surface area contributed by atoms with E-state index in [4.69, 9.17) is 9.47 Å². The SMILES string of the molecule is CC(Nc1ccc(S(=O)(=O)N2CCCCCC2)cc1[N+](=O)[O-])c1ccc2c(c1)OCO2. The zero-order valence-electron chi connectivity index (χ0n) is 17.2. The molecule has 1 fully saturated rings. The number of fused-ring (bicyclic) bond motifs is 1. The summed E-state index contributed by atoms with van der Waals surface area (Å²) in [5.41, 5.74) is 0.841. The Hall–Kier alpha value is -2.85. The number of hydrogen-bond donors (Lipinski definition) is 1. The monoisotopic (exact) mass is 447 g/mol. The van der Waals surface area contributed by atoms with E-state index in [1.54, 1.807) is 6.07 Å². The average Bonchev–Trinajstić information content (AvgIpc) is 3.04. The number of benzene rings is 2. The minimum Gasteiger partial charge on any atom is -0.454 e. The van der Waals surface area contributed by atoms with Gasteiger partial charge in [0.15, 0.2) is 11.5 Å². The summed E-state index contributed by atoms with van der Waals surface area (Å²) in [5, 5.41) is 14.8. The maximum Gasteiger partial charge on any atom is 0.293 e. The Morgan fingerprint density at radius 3 is 2.45 bits per heavy atom. The predicted octanol–water partition coefficient (Wildman–Crippen LogP) is 4.06. The fourth-order valence-electron chi connectivity index (χ4n) is 3.88. The number of nitro groups is 1. The van der Waals surface area contributed by atoms with E-state index in [1.807, 2.05) is 19.1 Å². The van der Waals surface area contributed by atoms with Gasteiger partial charge in [0.25, 0.3) is 5.69 Å². The molecule has 2 aliphatic rings. The number of anilines is 1. The summed E-state index contributed by atoms with van der Waals surface area (Å²) in [7, 11) is -3.77. The molecule has 4 rings (SSSR count). The van der Waals surface area contributed by atoms with E-state index in [0.29, 0.717) is 24.6 Å². The molecule has 1 atom stereocenters. The van der Waals surface area contributed by atoms with E-state index in [0.717, 1.165) is 37.3 Å². The molecule has 1 N–H and O–H groups in total. The van der Waals surface area contributed by atoms with E-state index in [2.05, 4.69) is 5.32 Å². The highest BCUT2D eigenvalue weighted by molar-refractivity contribution is 7.89. The lowest BCUT2D eigenvalue weighted by Crippen LogP contribution is -2.32. The molecule has 0 amide bonds. The van der Waals surface area contributed by atoms with Crippen LogP contribution in [0.4, 0.5) is 11.4 Å². The van der Waals surface area contributed by atoms with Crippen LogP contribution in [-0.4, -0.2) is 37.5 Å². The lowest BCUT2D eigenvalue weighted by molar-refractivity contribution is -0.384. The van der Waals surface area contributed by atoms with E-state index < -0.39 is 14.9 Å². The van der Waals surface area contributed by atoms with Crippen molar-refractivity contribution in [3.8, 4) is 11.5 Å². The second kappa shape index (κ2) is 8.72. The number of nitrogens with zero attached hydrogens (tertiary/aromatic N) is 2. The molecule has 9 nitrogen and oxygen atoms in total. The topological polar surface area (TPSA) is 111 Å². The number of nitrogens with one attached hydrogen (secondary N) is 1. The highest BCUT2D eigenvalue weighted by Gasteiger charge is 2.28. The van der Waals surface area contributed by atoms with Crippen molar-refractivity contribution in [3.63, 3.8) is 0 Å². The Morgan fingerprint density at radius 2 is 1.74 bits per heavy atom. The van der Waals surface area contributed by atoms with Crippen molar-refractivity contribution in [2.45, 2.75) is 43.5 Å². The zero-order chi connectivity index (χ0) is 22.0. The molecule has 2 heterocycles. The van der Waals surface area contributed by atoms with Gasteiger partial charge >= 0.3 is 0 Å². The predicted molar refractivity (Wildman–Crippen MR) is 115 cm³/mol. The van der Waals surface area contributed by atoms with Gasteiger partial charge in [0.1, 0.15) is 5.69 Å². The molecule has 0 radical (unpaired) electrons. The maximum absolute atomic E-state index is 13.0. The quantitative estimate of drug-likeness (QED) is 0.525. The van der Waals surface area contributed by atoms with Crippen LogP contribution in [0.3, 0.4) is 0 Å². The van der Waals surface area contributed by atoms with E-state index in [9.17, 15) is 18.5 Å². The van der Waals surface area contributed by atoms with Crippen LogP contribution in [-0.2, 0) is 10.0 Å². The van der Waals surface area contributed by atoms with Crippen molar-refractivity contribution in [1.82, 2.24) is 4.31 Å². The van der Waals surface area contributed by atoms with Crippen molar-refractivity contribution in [3.05, 3.63) is 52.1 Å². The van der Waals surface area contributed by atoms with Gasteiger partial charge in [0, 0.05) is 25.2 Å². The number of nitro benzene ring substituents is 1. The van der Waals surface area contributed by atoms with Crippen LogP contribution in [0.1, 0.15) is 44.2 Å². The fourth-order valence-corrected chi connectivity index (χ4v) is 5.41. The van der Waals surface area contributed by atoms with Crippen molar-refractivity contribution in [1.29, 1.82) is 0 Å². The third-order valence-electron chi connectivity index (χ3n) is 5.64. The summed E-state index contributed by atoms with van der Waals surface area (Å²) in [6.45, 7) is 2.91. The standard InChI is InChI=1S/C21H25N3O6S/c1-15(16-6-9-20-21(12-16)30-14-29-20)22-18-8-7-17(13-19(18)24(25)26)31(27,28)23-10-4-2-3-5-11-23/h6-9,12-13,15,22H,2-5,10-11,14H2,1H3. The van der Waals surface area contributed by atoms with E-state index >= 15 is 0 Å². The van der Waals surface area contributed by atoms with E-state index in [1.165, 1.54) is 16.4 Å². The Bertz CT molecular complexity index is 1080. The second-order valence-electron chi connectivity index (χ2n) is 7.73. The summed E-state index contributed by atoms with van der Waals surface area (Å²) in [6, 6.07) is 9.24. The highest BCUT2D eigenvalue weighted by atomic mass is 32.2. The maximum atomic E-state index is 13.0. The Kier molecular flexibility index (Phi) is 6.01. The van der Waals surface area contributed by atoms with Crippen molar-refractivity contribution < 1.29 is 22.8 Å². The van der Waals surface area contributed by atoms with Gasteiger partial charge in [-0.3, -0.25) is 10.1 Å². The highest BCUT2D eigenvalue weighted by Crippen LogP contribution is 2.36. The summed E-state index contributed by atoms with van der Waals surface area (Å²) >= 11 is 0. The van der Waals surface area contributed by atoms with Gasteiger partial charge in [-0.25, -0.2) is 8.42 Å². The minimum absolute atomic E-state index is 0.0533. The van der Waals surface area contributed by atoms with Gasteiger partial charge in [-0.1, -0.05) is 18.9 Å². The molecule has 0 spiro atoms. The van der Waals surface area contributed by atoms with Crippen molar-refractivity contribution in [2.75, 3.05) is 25.2 Å². The van der Waals surface area contributed by atoms with Crippen LogP contribution < -0.4 is 14.8 Å². The molecule has 0 saturated carbocycles. The number of rotatable bonds is 6. The average molecular weight is 448 g/mol. The molecule has 2 aromatic carbocycles. The summed E-state index contributed by atoms with van der Waals surface area (Å²) < 4.78 is 38.2. The van der Waals surface area contributed by atoms with Gasteiger partial charge < -0.3 is 14.8 Å². The molecule has 0 aliphatic carbocycles. The first-order chi connectivity index (χ1) is 14.9. The Balaban J connectivity index is 1.59. The lowest BCUT2D eigenvalue weighted by Gasteiger charge is -2.21. The molecule has 10 heteroatoms. The van der Waals surface area contributed by atoms with Gasteiger partial charge in [0.05, 0.1) is 9.82 Å². The number of hydrogen-bond acceptors (Lipinski definition) is 7. The van der Waals surface area contributed by atoms with Gasteiger partial charge in [-0.15, -0.1) is 0 Å². The largest absolute Gasteiger partial charge is 0.454 e. The molecule has 0 aromatic heterocycles. The van der Waals surface area contributed by atoms with Crippen molar-refractivity contribution >= 4 is 21.4 Å². The normalized spacial score (nSPS) is 17.7. The molecule has 1 saturated heterocycles. The lowest BCUT2D eigenvalue weighted by atomic mass is 10.1. The van der Waals surface area contributed by atoms with Crippen LogP contribution in [0.15, 0.2) is 41.3 Å². The van der Waals surface area contributed by atoms with Gasteiger partial charge in [-0.05, 0) is 49.6 Å². The van der Waals surface area contributed by atoms with Crippen LogP contribution >= 0.6 is 0 Å². The number of ether oxygens (including phenoxy) is 2. The minimum atomic E-state index is -3.77. The summed E-state index contributed by atoms with van der Waals surface area (Å²) in [6.07, 6.45) is 3.58.